The number of aromatic nitrogens is 2. The summed E-state index contributed by atoms with van der Waals surface area (Å²) in [7, 11) is 0. The van der Waals surface area contributed by atoms with Crippen molar-refractivity contribution in [2.24, 2.45) is 0 Å². The van der Waals surface area contributed by atoms with Gasteiger partial charge in [0.1, 0.15) is 11.3 Å². The SMILES string of the molecule is CCOc1ccccc1NC(=O)c1c[nH]c(=O)n(-c2ccccc2)c1=O. The molecule has 2 aromatic carbocycles. The van der Waals surface area contributed by atoms with Crippen LogP contribution in [-0.2, 0) is 0 Å². The lowest BCUT2D eigenvalue weighted by Gasteiger charge is -2.11. The third kappa shape index (κ3) is 3.41. The van der Waals surface area contributed by atoms with Crippen molar-refractivity contribution in [2.75, 3.05) is 11.9 Å². The number of para-hydroxylation sites is 3. The quantitative estimate of drug-likeness (QED) is 0.737. The molecule has 3 rings (SSSR count). The summed E-state index contributed by atoms with van der Waals surface area (Å²) in [6.07, 6.45) is 1.11. The molecule has 1 aromatic heterocycles. The normalized spacial score (nSPS) is 10.3. The summed E-state index contributed by atoms with van der Waals surface area (Å²) in [6, 6.07) is 15.3. The first-order valence-corrected chi connectivity index (χ1v) is 8.05. The van der Waals surface area contributed by atoms with Crippen molar-refractivity contribution in [2.45, 2.75) is 6.92 Å². The Morgan fingerprint density at radius 2 is 1.77 bits per heavy atom. The molecule has 0 aliphatic carbocycles. The molecule has 1 amide bonds. The molecule has 7 heteroatoms. The first kappa shape index (κ1) is 17.2. The largest absolute Gasteiger partial charge is 0.492 e. The Morgan fingerprint density at radius 3 is 2.50 bits per heavy atom. The minimum atomic E-state index is -0.702. The fourth-order valence-electron chi connectivity index (χ4n) is 2.49. The number of aromatic amines is 1. The summed E-state index contributed by atoms with van der Waals surface area (Å²) >= 11 is 0. The number of hydrogen-bond acceptors (Lipinski definition) is 4. The number of nitrogens with zero attached hydrogens (tertiary/aromatic N) is 1. The molecule has 132 valence electrons. The molecule has 0 spiro atoms. The molecule has 2 N–H and O–H groups in total. The molecule has 0 saturated carbocycles. The molecular weight excluding hydrogens is 334 g/mol. The third-order valence-electron chi connectivity index (χ3n) is 3.67. The average molecular weight is 351 g/mol. The van der Waals surface area contributed by atoms with Gasteiger partial charge in [0.15, 0.2) is 0 Å². The van der Waals surface area contributed by atoms with Crippen molar-refractivity contribution >= 4 is 11.6 Å². The van der Waals surface area contributed by atoms with Gasteiger partial charge in [-0.2, -0.15) is 0 Å². The molecule has 0 bridgehead atoms. The Morgan fingerprint density at radius 1 is 1.08 bits per heavy atom. The summed E-state index contributed by atoms with van der Waals surface area (Å²) in [5, 5.41) is 2.65. The summed E-state index contributed by atoms with van der Waals surface area (Å²) in [5.74, 6) is -0.140. The number of amides is 1. The van der Waals surface area contributed by atoms with Crippen LogP contribution < -0.4 is 21.3 Å². The van der Waals surface area contributed by atoms with E-state index in [9.17, 15) is 14.4 Å². The van der Waals surface area contributed by atoms with Gasteiger partial charge in [0, 0.05) is 6.20 Å². The highest BCUT2D eigenvalue weighted by atomic mass is 16.5. The predicted octanol–water partition coefficient (Wildman–Crippen LogP) is 2.18. The van der Waals surface area contributed by atoms with E-state index in [4.69, 9.17) is 4.74 Å². The number of ether oxygens (including phenoxy) is 1. The molecule has 3 aromatic rings. The number of hydrogen-bond donors (Lipinski definition) is 2. The van der Waals surface area contributed by atoms with Gasteiger partial charge >= 0.3 is 5.69 Å². The lowest BCUT2D eigenvalue weighted by atomic mass is 10.2. The zero-order valence-corrected chi connectivity index (χ0v) is 14.1. The number of H-pyrrole nitrogens is 1. The molecule has 0 unspecified atom stereocenters. The van der Waals surface area contributed by atoms with Gasteiger partial charge in [-0.3, -0.25) is 9.59 Å². The highest BCUT2D eigenvalue weighted by molar-refractivity contribution is 6.04. The Bertz CT molecular complexity index is 1040. The van der Waals surface area contributed by atoms with Crippen LogP contribution in [0, 0.1) is 0 Å². The highest BCUT2D eigenvalue weighted by Crippen LogP contribution is 2.23. The fraction of sp³-hybridized carbons (Fsp3) is 0.105. The van der Waals surface area contributed by atoms with Gasteiger partial charge in [-0.15, -0.1) is 0 Å². The van der Waals surface area contributed by atoms with Crippen LogP contribution in [0.2, 0.25) is 0 Å². The Hall–Kier alpha value is -3.61. The second-order valence-corrected chi connectivity index (χ2v) is 5.37. The second kappa shape index (κ2) is 7.52. The van der Waals surface area contributed by atoms with E-state index >= 15 is 0 Å². The molecule has 0 saturated heterocycles. The minimum Gasteiger partial charge on any atom is -0.492 e. The van der Waals surface area contributed by atoms with E-state index in [0.717, 1.165) is 10.8 Å². The maximum atomic E-state index is 12.7. The van der Waals surface area contributed by atoms with Gasteiger partial charge in [-0.25, -0.2) is 9.36 Å². The molecule has 1 heterocycles. The van der Waals surface area contributed by atoms with E-state index in [-0.39, 0.29) is 5.56 Å². The summed E-state index contributed by atoms with van der Waals surface area (Å²) < 4.78 is 6.38. The second-order valence-electron chi connectivity index (χ2n) is 5.37. The van der Waals surface area contributed by atoms with Gasteiger partial charge in [0.2, 0.25) is 0 Å². The van der Waals surface area contributed by atoms with Crippen LogP contribution >= 0.6 is 0 Å². The maximum absolute atomic E-state index is 12.7. The smallest absolute Gasteiger partial charge is 0.333 e. The maximum Gasteiger partial charge on any atom is 0.333 e. The molecule has 7 nitrogen and oxygen atoms in total. The molecule has 26 heavy (non-hydrogen) atoms. The first-order chi connectivity index (χ1) is 12.6. The topological polar surface area (TPSA) is 93.2 Å². The summed E-state index contributed by atoms with van der Waals surface area (Å²) in [5.41, 5.74) is -0.683. The number of nitrogens with one attached hydrogen (secondary N) is 2. The van der Waals surface area contributed by atoms with Crippen molar-refractivity contribution in [3.63, 3.8) is 0 Å². The van der Waals surface area contributed by atoms with Gasteiger partial charge in [-0.05, 0) is 31.2 Å². The Balaban J connectivity index is 1.99. The monoisotopic (exact) mass is 351 g/mol. The standard InChI is InChI=1S/C19H17N3O4/c1-2-26-16-11-7-6-10-15(16)21-17(23)14-12-20-19(25)22(18(14)24)13-8-4-3-5-9-13/h3-12H,2H2,1H3,(H,20,25)(H,21,23). The van der Waals surface area contributed by atoms with Crippen molar-refractivity contribution in [3.05, 3.63) is 87.2 Å². The first-order valence-electron chi connectivity index (χ1n) is 8.05. The van der Waals surface area contributed by atoms with Crippen molar-refractivity contribution in [1.82, 2.24) is 9.55 Å². The molecule has 0 radical (unpaired) electrons. The van der Waals surface area contributed by atoms with Crippen molar-refractivity contribution < 1.29 is 9.53 Å². The van der Waals surface area contributed by atoms with Crippen LogP contribution in [0.1, 0.15) is 17.3 Å². The fourth-order valence-corrected chi connectivity index (χ4v) is 2.49. The molecule has 0 atom stereocenters. The van der Waals surface area contributed by atoms with Crippen LogP contribution in [0.4, 0.5) is 5.69 Å². The Kier molecular flexibility index (Phi) is 4.98. The van der Waals surface area contributed by atoms with E-state index in [1.165, 1.54) is 0 Å². The van der Waals surface area contributed by atoms with Gasteiger partial charge < -0.3 is 15.0 Å². The van der Waals surface area contributed by atoms with Gasteiger partial charge in [0.25, 0.3) is 11.5 Å². The lowest BCUT2D eigenvalue weighted by Crippen LogP contribution is -2.38. The van der Waals surface area contributed by atoms with Crippen LogP contribution in [0.3, 0.4) is 0 Å². The predicted molar refractivity (Wildman–Crippen MR) is 98.2 cm³/mol. The van der Waals surface area contributed by atoms with Crippen molar-refractivity contribution in [1.29, 1.82) is 0 Å². The van der Waals surface area contributed by atoms with Gasteiger partial charge in [0.05, 0.1) is 18.0 Å². The zero-order valence-electron chi connectivity index (χ0n) is 14.1. The molecular formula is C19H17N3O4. The van der Waals surface area contributed by atoms with E-state index in [1.807, 2.05) is 6.92 Å². The summed E-state index contributed by atoms with van der Waals surface area (Å²) in [6.45, 7) is 2.27. The van der Waals surface area contributed by atoms with Gasteiger partial charge in [-0.1, -0.05) is 30.3 Å². The minimum absolute atomic E-state index is 0.181. The number of anilines is 1. The number of rotatable bonds is 5. The summed E-state index contributed by atoms with van der Waals surface area (Å²) in [4.78, 5) is 39.8. The Labute approximate surface area is 148 Å². The number of carbonyl (C=O) groups excluding carboxylic acids is 1. The zero-order chi connectivity index (χ0) is 18.5. The van der Waals surface area contributed by atoms with Crippen LogP contribution in [0.15, 0.2) is 70.4 Å². The van der Waals surface area contributed by atoms with Crippen LogP contribution in [-0.4, -0.2) is 22.1 Å². The van der Waals surface area contributed by atoms with Crippen LogP contribution in [0.5, 0.6) is 5.75 Å². The van der Waals surface area contributed by atoms with E-state index in [2.05, 4.69) is 10.3 Å². The lowest BCUT2D eigenvalue weighted by molar-refractivity contribution is 0.102. The van der Waals surface area contributed by atoms with E-state index < -0.39 is 17.2 Å². The molecule has 0 aliphatic rings. The molecule has 0 aliphatic heterocycles. The van der Waals surface area contributed by atoms with E-state index in [0.29, 0.717) is 23.7 Å². The van der Waals surface area contributed by atoms with E-state index in [1.54, 1.807) is 54.6 Å². The van der Waals surface area contributed by atoms with Crippen LogP contribution in [0.25, 0.3) is 5.69 Å². The van der Waals surface area contributed by atoms with Crippen molar-refractivity contribution in [3.8, 4) is 11.4 Å². The highest BCUT2D eigenvalue weighted by Gasteiger charge is 2.17. The third-order valence-corrected chi connectivity index (χ3v) is 3.67. The average Bonchev–Trinajstić information content (AvgIpc) is 2.64. The molecule has 0 fully saturated rings. The number of carbonyl (C=O) groups is 1. The number of benzene rings is 2.